The van der Waals surface area contributed by atoms with E-state index in [1.54, 1.807) is 11.8 Å². The minimum Gasteiger partial charge on any atom is -0.486 e. The third-order valence-electron chi connectivity index (χ3n) is 3.85. The van der Waals surface area contributed by atoms with Crippen molar-refractivity contribution in [3.8, 4) is 11.5 Å². The molecule has 1 amide bonds. The van der Waals surface area contributed by atoms with Crippen molar-refractivity contribution in [2.45, 2.75) is 11.0 Å². The van der Waals surface area contributed by atoms with Crippen LogP contribution in [0.5, 0.6) is 11.5 Å². The van der Waals surface area contributed by atoms with Gasteiger partial charge in [0.25, 0.3) is 0 Å². The second-order valence-electron chi connectivity index (χ2n) is 5.97. The molecule has 132 valence electrons. The van der Waals surface area contributed by atoms with Gasteiger partial charge in [-0.3, -0.25) is 9.69 Å². The number of nitrogens with one attached hydrogen (secondary N) is 1. The summed E-state index contributed by atoms with van der Waals surface area (Å²) in [7, 11) is 1.90. The van der Waals surface area contributed by atoms with E-state index < -0.39 is 0 Å². The molecule has 1 atom stereocenters. The van der Waals surface area contributed by atoms with Gasteiger partial charge in [0.1, 0.15) is 12.7 Å². The van der Waals surface area contributed by atoms with Crippen LogP contribution in [0.25, 0.3) is 0 Å². The van der Waals surface area contributed by atoms with Crippen LogP contribution in [0.3, 0.4) is 0 Å². The number of likely N-dealkylation sites (N-methyl/N-ethyl adjacent to an activating group) is 1. The maximum Gasteiger partial charge on any atom is 0.238 e. The van der Waals surface area contributed by atoms with E-state index in [0.717, 1.165) is 22.1 Å². The van der Waals surface area contributed by atoms with Crippen LogP contribution < -0.4 is 14.8 Å². The molecule has 2 aromatic carbocycles. The van der Waals surface area contributed by atoms with Crippen molar-refractivity contribution in [3.05, 3.63) is 48.5 Å². The Bertz CT molecular complexity index is 738. The van der Waals surface area contributed by atoms with E-state index in [9.17, 15) is 4.79 Å². The molecule has 6 heteroatoms. The molecule has 0 aliphatic carbocycles. The lowest BCUT2D eigenvalue weighted by molar-refractivity contribution is -0.117. The zero-order chi connectivity index (χ0) is 17.6. The SMILES string of the molecule is CSc1cccc(NC(=O)CN(C)CC2COc3ccccc3O2)c1. The lowest BCUT2D eigenvalue weighted by Gasteiger charge is -2.29. The highest BCUT2D eigenvalue weighted by atomic mass is 32.2. The van der Waals surface area contributed by atoms with Gasteiger partial charge in [-0.1, -0.05) is 18.2 Å². The first-order valence-corrected chi connectivity index (χ1v) is 9.37. The minimum atomic E-state index is -0.0903. The standard InChI is InChI=1S/C19H22N2O3S/c1-21(11-15-13-23-17-8-3-4-9-18(17)24-15)12-19(22)20-14-6-5-7-16(10-14)25-2/h3-10,15H,11-13H2,1-2H3,(H,20,22). The number of carbonyl (C=O) groups is 1. The lowest BCUT2D eigenvalue weighted by Crippen LogP contribution is -2.42. The van der Waals surface area contributed by atoms with Gasteiger partial charge >= 0.3 is 0 Å². The van der Waals surface area contributed by atoms with Crippen LogP contribution in [0.4, 0.5) is 5.69 Å². The topological polar surface area (TPSA) is 50.8 Å². The zero-order valence-corrected chi connectivity index (χ0v) is 15.2. The number of amides is 1. The second-order valence-corrected chi connectivity index (χ2v) is 6.85. The highest BCUT2D eigenvalue weighted by Crippen LogP contribution is 2.30. The van der Waals surface area contributed by atoms with E-state index in [0.29, 0.717) is 19.7 Å². The zero-order valence-electron chi connectivity index (χ0n) is 14.4. The number of fused-ring (bicyclic) bond motifs is 1. The maximum absolute atomic E-state index is 12.2. The number of para-hydroxylation sites is 2. The van der Waals surface area contributed by atoms with Gasteiger partial charge in [-0.25, -0.2) is 0 Å². The van der Waals surface area contributed by atoms with Gasteiger partial charge in [0.2, 0.25) is 5.91 Å². The number of nitrogens with zero attached hydrogens (tertiary/aromatic N) is 1. The van der Waals surface area contributed by atoms with E-state index in [-0.39, 0.29) is 12.0 Å². The molecule has 0 fully saturated rings. The molecule has 0 radical (unpaired) electrons. The number of thioether (sulfide) groups is 1. The van der Waals surface area contributed by atoms with Crippen LogP contribution in [0.1, 0.15) is 0 Å². The van der Waals surface area contributed by atoms with Crippen molar-refractivity contribution in [1.29, 1.82) is 0 Å². The average molecular weight is 358 g/mol. The van der Waals surface area contributed by atoms with Crippen molar-refractivity contribution in [3.63, 3.8) is 0 Å². The normalized spacial score (nSPS) is 15.9. The Morgan fingerprint density at radius 3 is 2.84 bits per heavy atom. The number of hydrogen-bond acceptors (Lipinski definition) is 5. The van der Waals surface area contributed by atoms with E-state index >= 15 is 0 Å². The molecule has 25 heavy (non-hydrogen) atoms. The molecule has 0 saturated heterocycles. The van der Waals surface area contributed by atoms with Crippen LogP contribution in [0.2, 0.25) is 0 Å². The molecule has 1 aliphatic rings. The summed E-state index contributed by atoms with van der Waals surface area (Å²) in [4.78, 5) is 15.3. The van der Waals surface area contributed by atoms with Gasteiger partial charge in [-0.2, -0.15) is 0 Å². The fourth-order valence-corrected chi connectivity index (χ4v) is 3.17. The first-order chi connectivity index (χ1) is 12.1. The van der Waals surface area contributed by atoms with Gasteiger partial charge < -0.3 is 14.8 Å². The number of hydrogen-bond donors (Lipinski definition) is 1. The third-order valence-corrected chi connectivity index (χ3v) is 4.58. The van der Waals surface area contributed by atoms with E-state index in [2.05, 4.69) is 5.32 Å². The number of carbonyl (C=O) groups excluding carboxylic acids is 1. The van der Waals surface area contributed by atoms with Crippen LogP contribution in [0, 0.1) is 0 Å². The summed E-state index contributed by atoms with van der Waals surface area (Å²) in [5, 5.41) is 2.93. The first kappa shape index (κ1) is 17.6. The van der Waals surface area contributed by atoms with Crippen molar-refractivity contribution in [1.82, 2.24) is 4.90 Å². The summed E-state index contributed by atoms with van der Waals surface area (Å²) in [6, 6.07) is 15.5. The summed E-state index contributed by atoms with van der Waals surface area (Å²) in [5.41, 5.74) is 0.816. The Labute approximate surface area is 152 Å². The lowest BCUT2D eigenvalue weighted by atomic mass is 10.2. The molecular formula is C19H22N2O3S. The largest absolute Gasteiger partial charge is 0.486 e. The van der Waals surface area contributed by atoms with Crippen molar-refractivity contribution in [2.24, 2.45) is 0 Å². The third kappa shape index (κ3) is 4.90. The first-order valence-electron chi connectivity index (χ1n) is 8.15. The summed E-state index contributed by atoms with van der Waals surface area (Å²) < 4.78 is 11.6. The predicted molar refractivity (Wildman–Crippen MR) is 101 cm³/mol. The van der Waals surface area contributed by atoms with E-state index in [4.69, 9.17) is 9.47 Å². The molecule has 1 heterocycles. The quantitative estimate of drug-likeness (QED) is 0.804. The smallest absolute Gasteiger partial charge is 0.238 e. The van der Waals surface area contributed by atoms with Crippen molar-refractivity contribution in [2.75, 3.05) is 38.3 Å². The minimum absolute atomic E-state index is 0.0436. The van der Waals surface area contributed by atoms with Gasteiger partial charge in [0.15, 0.2) is 11.5 Å². The maximum atomic E-state index is 12.2. The van der Waals surface area contributed by atoms with Gasteiger partial charge in [0, 0.05) is 17.1 Å². The number of benzene rings is 2. The number of rotatable bonds is 6. The molecule has 0 bridgehead atoms. The van der Waals surface area contributed by atoms with Gasteiger partial charge in [-0.05, 0) is 43.6 Å². The van der Waals surface area contributed by atoms with Crippen molar-refractivity contribution >= 4 is 23.4 Å². The molecule has 2 aromatic rings. The Balaban J connectivity index is 1.49. The van der Waals surface area contributed by atoms with Crippen molar-refractivity contribution < 1.29 is 14.3 Å². The number of ether oxygens (including phenoxy) is 2. The second kappa shape index (κ2) is 8.27. The Morgan fingerprint density at radius 2 is 2.04 bits per heavy atom. The van der Waals surface area contributed by atoms with Gasteiger partial charge in [0.05, 0.1) is 6.54 Å². The molecule has 1 N–H and O–H groups in total. The fraction of sp³-hybridized carbons (Fsp3) is 0.316. The highest BCUT2D eigenvalue weighted by molar-refractivity contribution is 7.98. The Hall–Kier alpha value is -2.18. The fourth-order valence-electron chi connectivity index (χ4n) is 2.71. The number of anilines is 1. The van der Waals surface area contributed by atoms with Crippen LogP contribution in [-0.4, -0.2) is 49.9 Å². The van der Waals surface area contributed by atoms with Crippen LogP contribution in [0.15, 0.2) is 53.4 Å². The summed E-state index contributed by atoms with van der Waals surface area (Å²) >= 11 is 1.65. The molecule has 0 spiro atoms. The van der Waals surface area contributed by atoms with E-state index in [1.807, 2.05) is 66.7 Å². The Kier molecular flexibility index (Phi) is 5.83. The molecule has 1 aliphatic heterocycles. The summed E-state index contributed by atoms with van der Waals surface area (Å²) in [6.45, 7) is 1.40. The van der Waals surface area contributed by atoms with Crippen LogP contribution in [-0.2, 0) is 4.79 Å². The Morgan fingerprint density at radius 1 is 1.24 bits per heavy atom. The molecule has 0 aromatic heterocycles. The predicted octanol–water partition coefficient (Wildman–Crippen LogP) is 3.12. The monoisotopic (exact) mass is 358 g/mol. The highest BCUT2D eigenvalue weighted by Gasteiger charge is 2.22. The molecule has 5 nitrogen and oxygen atoms in total. The summed E-state index contributed by atoms with van der Waals surface area (Å²) in [6.07, 6.45) is 1.92. The average Bonchev–Trinajstić information content (AvgIpc) is 2.61. The molecular weight excluding hydrogens is 336 g/mol. The van der Waals surface area contributed by atoms with E-state index in [1.165, 1.54) is 0 Å². The van der Waals surface area contributed by atoms with Gasteiger partial charge in [-0.15, -0.1) is 11.8 Å². The molecule has 0 saturated carbocycles. The van der Waals surface area contributed by atoms with Crippen LogP contribution >= 0.6 is 11.8 Å². The molecule has 3 rings (SSSR count). The molecule has 1 unspecified atom stereocenters. The summed E-state index contributed by atoms with van der Waals surface area (Å²) in [5.74, 6) is 1.48.